The molecule has 1 heterocycles. The third kappa shape index (κ3) is 6.52. The highest BCUT2D eigenvalue weighted by Crippen LogP contribution is 2.30. The molecule has 1 saturated heterocycles. The predicted molar refractivity (Wildman–Crippen MR) is 125 cm³/mol. The van der Waals surface area contributed by atoms with Gasteiger partial charge in [-0.1, -0.05) is 24.3 Å². The van der Waals surface area contributed by atoms with Crippen molar-refractivity contribution in [2.75, 3.05) is 45.9 Å². The largest absolute Gasteiger partial charge is 0.497 e. The minimum atomic E-state index is 0.317. The number of methoxy groups -OCH3 is 2. The van der Waals surface area contributed by atoms with Crippen molar-refractivity contribution < 1.29 is 14.2 Å². The molecule has 7 nitrogen and oxygen atoms in total. The maximum Gasteiger partial charge on any atom is 0.191 e. The Labute approximate surface area is 185 Å². The van der Waals surface area contributed by atoms with E-state index in [2.05, 4.69) is 44.8 Å². The van der Waals surface area contributed by atoms with E-state index < -0.39 is 0 Å². The molecule has 2 aromatic carbocycles. The van der Waals surface area contributed by atoms with Crippen LogP contribution in [-0.4, -0.2) is 53.0 Å². The van der Waals surface area contributed by atoms with Gasteiger partial charge < -0.3 is 29.7 Å². The number of hydrogen-bond acceptors (Lipinski definition) is 5. The van der Waals surface area contributed by atoms with E-state index in [0.29, 0.717) is 12.6 Å². The molecule has 1 aliphatic heterocycles. The second-order valence-corrected chi connectivity index (χ2v) is 7.53. The molecular formula is C24H34N4O3. The Balaban J connectivity index is 1.51. The van der Waals surface area contributed by atoms with Crippen LogP contribution in [0.4, 0.5) is 5.69 Å². The summed E-state index contributed by atoms with van der Waals surface area (Å²) in [6, 6.07) is 14.8. The summed E-state index contributed by atoms with van der Waals surface area (Å²) in [5, 5.41) is 6.96. The number of hydrogen-bond donors (Lipinski definition) is 2. The second-order valence-electron chi connectivity index (χ2n) is 7.53. The molecule has 0 bridgehead atoms. The number of rotatable bonds is 9. The number of anilines is 1. The van der Waals surface area contributed by atoms with Crippen molar-refractivity contribution in [3.63, 3.8) is 0 Å². The summed E-state index contributed by atoms with van der Waals surface area (Å²) < 4.78 is 16.3. The highest BCUT2D eigenvalue weighted by atomic mass is 16.5. The van der Waals surface area contributed by atoms with E-state index >= 15 is 0 Å². The van der Waals surface area contributed by atoms with E-state index in [1.165, 1.54) is 11.1 Å². The Kier molecular flexibility index (Phi) is 8.41. The molecule has 2 N–H and O–H groups in total. The summed E-state index contributed by atoms with van der Waals surface area (Å²) in [7, 11) is 5.16. The van der Waals surface area contributed by atoms with E-state index in [1.54, 1.807) is 21.3 Å². The Morgan fingerprint density at radius 3 is 2.35 bits per heavy atom. The summed E-state index contributed by atoms with van der Waals surface area (Å²) in [5.41, 5.74) is 3.50. The molecule has 0 aromatic heterocycles. The fourth-order valence-corrected chi connectivity index (χ4v) is 3.63. The first-order valence-corrected chi connectivity index (χ1v) is 10.8. The number of nitrogens with zero attached hydrogens (tertiary/aromatic N) is 2. The van der Waals surface area contributed by atoms with Gasteiger partial charge in [0.15, 0.2) is 5.96 Å². The van der Waals surface area contributed by atoms with Gasteiger partial charge in [0.2, 0.25) is 0 Å². The smallest absolute Gasteiger partial charge is 0.191 e. The monoisotopic (exact) mass is 426 g/mol. The van der Waals surface area contributed by atoms with Crippen molar-refractivity contribution in [3.8, 4) is 11.5 Å². The van der Waals surface area contributed by atoms with Gasteiger partial charge in [0.25, 0.3) is 0 Å². The van der Waals surface area contributed by atoms with E-state index in [-0.39, 0.29) is 0 Å². The topological polar surface area (TPSA) is 67.4 Å². The Morgan fingerprint density at radius 1 is 1.06 bits per heavy atom. The maximum atomic E-state index is 5.45. The summed E-state index contributed by atoms with van der Waals surface area (Å²) in [6.07, 6.45) is 1.03. The van der Waals surface area contributed by atoms with Crippen LogP contribution in [0.15, 0.2) is 47.5 Å². The molecule has 2 aromatic rings. The number of guanidine groups is 1. The van der Waals surface area contributed by atoms with Gasteiger partial charge in [-0.3, -0.25) is 4.99 Å². The molecule has 0 radical (unpaired) electrons. The third-order valence-electron chi connectivity index (χ3n) is 5.41. The van der Waals surface area contributed by atoms with Gasteiger partial charge >= 0.3 is 0 Å². The first-order chi connectivity index (χ1) is 15.1. The lowest BCUT2D eigenvalue weighted by Gasteiger charge is -2.21. The lowest BCUT2D eigenvalue weighted by atomic mass is 10.1. The molecule has 0 aliphatic carbocycles. The van der Waals surface area contributed by atoms with Crippen LogP contribution in [0.5, 0.6) is 11.5 Å². The first kappa shape index (κ1) is 22.7. The number of benzene rings is 2. The van der Waals surface area contributed by atoms with Crippen LogP contribution in [0, 0.1) is 0 Å². The minimum Gasteiger partial charge on any atom is -0.497 e. The molecule has 3 rings (SSSR count). The van der Waals surface area contributed by atoms with Gasteiger partial charge in [0.05, 0.1) is 20.8 Å². The van der Waals surface area contributed by atoms with Gasteiger partial charge in [-0.15, -0.1) is 0 Å². The standard InChI is InChI=1S/C24H34N4O3/c1-5-31-17-19-8-6-18(7-9-19)15-26-24(25-2)27-20-10-11-28(16-20)21-12-22(29-3)14-23(13-21)30-4/h6-9,12-14,20H,5,10-11,15-17H2,1-4H3,(H2,25,26,27). The molecule has 0 saturated carbocycles. The molecule has 0 spiro atoms. The van der Waals surface area contributed by atoms with Crippen LogP contribution in [-0.2, 0) is 17.9 Å². The predicted octanol–water partition coefficient (Wildman–Crippen LogP) is 3.18. The Bertz CT molecular complexity index is 832. The fourth-order valence-electron chi connectivity index (χ4n) is 3.63. The highest BCUT2D eigenvalue weighted by molar-refractivity contribution is 5.80. The third-order valence-corrected chi connectivity index (χ3v) is 5.41. The van der Waals surface area contributed by atoms with Crippen LogP contribution >= 0.6 is 0 Å². The van der Waals surface area contributed by atoms with Crippen molar-refractivity contribution >= 4 is 11.6 Å². The lowest BCUT2D eigenvalue weighted by Crippen LogP contribution is -2.44. The minimum absolute atomic E-state index is 0.317. The van der Waals surface area contributed by atoms with E-state index in [0.717, 1.165) is 55.8 Å². The molecule has 31 heavy (non-hydrogen) atoms. The van der Waals surface area contributed by atoms with Crippen LogP contribution in [0.2, 0.25) is 0 Å². The Hall–Kier alpha value is -2.93. The molecule has 168 valence electrons. The lowest BCUT2D eigenvalue weighted by molar-refractivity contribution is 0.134. The number of ether oxygens (including phenoxy) is 3. The normalized spacial score (nSPS) is 16.3. The average Bonchev–Trinajstić information content (AvgIpc) is 3.29. The second kappa shape index (κ2) is 11.5. The number of nitrogens with one attached hydrogen (secondary N) is 2. The summed E-state index contributed by atoms with van der Waals surface area (Å²) in [6.45, 7) is 5.97. The van der Waals surface area contributed by atoms with Crippen molar-refractivity contribution in [2.45, 2.75) is 32.5 Å². The zero-order valence-electron chi connectivity index (χ0n) is 19.0. The van der Waals surface area contributed by atoms with Crippen LogP contribution < -0.4 is 25.0 Å². The average molecular weight is 427 g/mol. The van der Waals surface area contributed by atoms with Gasteiger partial charge in [-0.2, -0.15) is 0 Å². The van der Waals surface area contributed by atoms with Crippen molar-refractivity contribution in [1.29, 1.82) is 0 Å². The zero-order chi connectivity index (χ0) is 22.1. The zero-order valence-corrected chi connectivity index (χ0v) is 19.0. The van der Waals surface area contributed by atoms with Crippen molar-refractivity contribution in [3.05, 3.63) is 53.6 Å². The van der Waals surface area contributed by atoms with E-state index in [4.69, 9.17) is 14.2 Å². The molecule has 1 aliphatic rings. The molecule has 1 atom stereocenters. The van der Waals surface area contributed by atoms with Gasteiger partial charge in [0, 0.05) is 63.2 Å². The van der Waals surface area contributed by atoms with E-state index in [9.17, 15) is 0 Å². The van der Waals surface area contributed by atoms with Crippen LogP contribution in [0.1, 0.15) is 24.5 Å². The van der Waals surface area contributed by atoms with Crippen LogP contribution in [0.3, 0.4) is 0 Å². The quantitative estimate of drug-likeness (QED) is 0.474. The summed E-state index contributed by atoms with van der Waals surface area (Å²) in [5.74, 6) is 2.42. The summed E-state index contributed by atoms with van der Waals surface area (Å²) >= 11 is 0. The maximum absolute atomic E-state index is 5.45. The van der Waals surface area contributed by atoms with E-state index in [1.807, 2.05) is 25.1 Å². The SMILES string of the molecule is CCOCc1ccc(CNC(=NC)NC2CCN(c3cc(OC)cc(OC)c3)C2)cc1. The molecule has 7 heteroatoms. The first-order valence-electron chi connectivity index (χ1n) is 10.8. The van der Waals surface area contributed by atoms with Crippen LogP contribution in [0.25, 0.3) is 0 Å². The summed E-state index contributed by atoms with van der Waals surface area (Å²) in [4.78, 5) is 6.73. The van der Waals surface area contributed by atoms with Gasteiger partial charge in [0.1, 0.15) is 11.5 Å². The Morgan fingerprint density at radius 2 is 1.74 bits per heavy atom. The van der Waals surface area contributed by atoms with Crippen molar-refractivity contribution in [1.82, 2.24) is 10.6 Å². The van der Waals surface area contributed by atoms with Crippen molar-refractivity contribution in [2.24, 2.45) is 4.99 Å². The molecular weight excluding hydrogens is 392 g/mol. The highest BCUT2D eigenvalue weighted by Gasteiger charge is 2.24. The van der Waals surface area contributed by atoms with Gasteiger partial charge in [-0.05, 0) is 24.5 Å². The molecule has 0 amide bonds. The van der Waals surface area contributed by atoms with Gasteiger partial charge in [-0.25, -0.2) is 0 Å². The molecule has 1 unspecified atom stereocenters. The number of aliphatic imine (C=N–C) groups is 1. The molecule has 1 fully saturated rings. The fraction of sp³-hybridized carbons (Fsp3) is 0.458.